The zero-order valence-corrected chi connectivity index (χ0v) is 10.1. The Hall–Kier alpha value is -1.21. The Morgan fingerprint density at radius 2 is 2.00 bits per heavy atom. The third kappa shape index (κ3) is 2.39. The molecule has 1 fully saturated rings. The fourth-order valence-electron chi connectivity index (χ4n) is 2.00. The molecule has 0 bridgehead atoms. The van der Waals surface area contributed by atoms with Crippen LogP contribution >= 0.6 is 0 Å². The minimum absolute atomic E-state index is 0.0446. The van der Waals surface area contributed by atoms with E-state index in [1.54, 1.807) is 0 Å². The molecule has 0 atom stereocenters. The van der Waals surface area contributed by atoms with Gasteiger partial charge in [-0.05, 0) is 25.9 Å². The van der Waals surface area contributed by atoms with Gasteiger partial charge < -0.3 is 5.11 Å². The summed E-state index contributed by atoms with van der Waals surface area (Å²) in [6.07, 6.45) is 4.18. The number of likely N-dealkylation sites (tertiary alicyclic amines) is 1. The van der Waals surface area contributed by atoms with Gasteiger partial charge in [-0.1, -0.05) is 6.42 Å². The summed E-state index contributed by atoms with van der Waals surface area (Å²) < 4.78 is 23.6. The predicted octanol–water partition coefficient (Wildman–Crippen LogP) is 0.225. The fraction of sp³-hybridized carbons (Fsp3) is 0.600. The van der Waals surface area contributed by atoms with Crippen molar-refractivity contribution in [1.29, 1.82) is 0 Å². The lowest BCUT2D eigenvalue weighted by molar-refractivity contribution is -0.131. The highest BCUT2D eigenvalue weighted by atomic mass is 32.2. The van der Waals surface area contributed by atoms with Crippen LogP contribution in [0.25, 0.3) is 0 Å². The van der Waals surface area contributed by atoms with Gasteiger partial charge in [0.15, 0.2) is 9.95 Å². The first-order valence-corrected chi connectivity index (χ1v) is 6.98. The third-order valence-electron chi connectivity index (χ3n) is 2.94. The second kappa shape index (κ2) is 4.58. The van der Waals surface area contributed by atoms with Crippen LogP contribution in [-0.2, 0) is 14.6 Å². The molecule has 0 aromatic heterocycles. The van der Waals surface area contributed by atoms with Gasteiger partial charge in [0, 0.05) is 0 Å². The van der Waals surface area contributed by atoms with Gasteiger partial charge in [-0.2, -0.15) is 0 Å². The summed E-state index contributed by atoms with van der Waals surface area (Å²) in [5, 5.41) is 8.69. The average Bonchev–Trinajstić information content (AvgIpc) is 2.56. The molecule has 2 rings (SSSR count). The molecule has 1 saturated heterocycles. The molecule has 0 aliphatic carbocycles. The number of nitrogens with zero attached hydrogens (tertiary/aromatic N) is 2. The van der Waals surface area contributed by atoms with E-state index in [-0.39, 0.29) is 11.6 Å². The van der Waals surface area contributed by atoms with Crippen molar-refractivity contribution in [2.45, 2.75) is 19.3 Å². The number of carbonyl (C=O) groups is 1. The number of hydrogen-bond acceptors (Lipinski definition) is 5. The fourth-order valence-corrected chi connectivity index (χ4v) is 3.22. The largest absolute Gasteiger partial charge is 0.477 e. The molecule has 7 heteroatoms. The molecule has 6 nitrogen and oxygen atoms in total. The van der Waals surface area contributed by atoms with Gasteiger partial charge in [-0.3, -0.25) is 4.90 Å². The zero-order valence-electron chi connectivity index (χ0n) is 9.29. The quantitative estimate of drug-likeness (QED) is 0.782. The number of carboxylic acids is 1. The van der Waals surface area contributed by atoms with Crippen LogP contribution in [0.4, 0.5) is 0 Å². The minimum Gasteiger partial charge on any atom is -0.477 e. The Labute approximate surface area is 99.6 Å². The lowest BCUT2D eigenvalue weighted by Gasteiger charge is -2.25. The number of aliphatic carboxylic acids is 1. The van der Waals surface area contributed by atoms with E-state index in [9.17, 15) is 13.2 Å². The molecule has 0 aromatic rings. The van der Waals surface area contributed by atoms with Crippen molar-refractivity contribution in [2.75, 3.05) is 19.6 Å². The van der Waals surface area contributed by atoms with Crippen LogP contribution < -0.4 is 0 Å². The molecule has 0 aromatic carbocycles. The summed E-state index contributed by atoms with van der Waals surface area (Å²) in [6, 6.07) is 0. The molecule has 2 aliphatic heterocycles. The van der Waals surface area contributed by atoms with Crippen molar-refractivity contribution < 1.29 is 18.3 Å². The lowest BCUT2D eigenvalue weighted by atomic mass is 10.1. The second-order valence-electron chi connectivity index (χ2n) is 4.16. The van der Waals surface area contributed by atoms with Crippen LogP contribution in [0.2, 0.25) is 0 Å². The third-order valence-corrected chi connectivity index (χ3v) is 4.66. The van der Waals surface area contributed by atoms with Crippen molar-refractivity contribution in [3.8, 4) is 0 Å². The number of carboxylic acid groups (broad SMARTS) is 1. The smallest absolute Gasteiger partial charge is 0.349 e. The van der Waals surface area contributed by atoms with Gasteiger partial charge in [0.05, 0.1) is 12.7 Å². The van der Waals surface area contributed by atoms with Crippen LogP contribution in [0.3, 0.4) is 0 Å². The Morgan fingerprint density at radius 3 is 2.53 bits per heavy atom. The molecule has 0 radical (unpaired) electrons. The summed E-state index contributed by atoms with van der Waals surface area (Å²) in [4.78, 5) is 15.8. The van der Waals surface area contributed by atoms with E-state index in [1.807, 2.05) is 4.90 Å². The van der Waals surface area contributed by atoms with E-state index in [1.165, 1.54) is 0 Å². The maximum Gasteiger partial charge on any atom is 0.349 e. The summed E-state index contributed by atoms with van der Waals surface area (Å²) in [5.41, 5.74) is 0. The molecule has 2 heterocycles. The summed E-state index contributed by atoms with van der Waals surface area (Å²) in [5.74, 6) is -1.44. The van der Waals surface area contributed by atoms with Gasteiger partial charge in [0.2, 0.25) is 9.84 Å². The van der Waals surface area contributed by atoms with Crippen LogP contribution in [0.5, 0.6) is 0 Å². The van der Waals surface area contributed by atoms with Crippen molar-refractivity contribution in [1.82, 2.24) is 4.90 Å². The molecule has 94 valence electrons. The van der Waals surface area contributed by atoms with E-state index < -0.39 is 20.7 Å². The maximum absolute atomic E-state index is 11.8. The summed E-state index contributed by atoms with van der Waals surface area (Å²) in [6.45, 7) is 1.91. The topological polar surface area (TPSA) is 87.0 Å². The van der Waals surface area contributed by atoms with E-state index in [2.05, 4.69) is 4.99 Å². The van der Waals surface area contributed by atoms with Gasteiger partial charge in [-0.15, -0.1) is 0 Å². The maximum atomic E-state index is 11.8. The Morgan fingerprint density at radius 1 is 1.35 bits per heavy atom. The second-order valence-corrected chi connectivity index (χ2v) is 6.08. The van der Waals surface area contributed by atoms with Gasteiger partial charge in [0.25, 0.3) is 0 Å². The minimum atomic E-state index is -3.86. The molecule has 0 spiro atoms. The molecule has 17 heavy (non-hydrogen) atoms. The number of rotatable bonds is 3. The monoisotopic (exact) mass is 258 g/mol. The van der Waals surface area contributed by atoms with E-state index in [0.717, 1.165) is 38.6 Å². The first-order valence-electron chi connectivity index (χ1n) is 5.49. The molecule has 2 aliphatic rings. The van der Waals surface area contributed by atoms with Crippen molar-refractivity contribution in [3.63, 3.8) is 0 Å². The molecule has 0 saturated carbocycles. The highest BCUT2D eigenvalue weighted by Gasteiger charge is 2.35. The van der Waals surface area contributed by atoms with Crippen molar-refractivity contribution in [3.05, 3.63) is 11.1 Å². The number of hydrogen-bond donors (Lipinski definition) is 1. The Balaban J connectivity index is 2.08. The first-order chi connectivity index (χ1) is 8.01. The molecule has 0 amide bonds. The first kappa shape index (κ1) is 12.3. The SMILES string of the molecule is O=C(O)C1=CN=C(CN2CCCCC2)S1(=O)=O. The van der Waals surface area contributed by atoms with Gasteiger partial charge in [0.1, 0.15) is 0 Å². The predicted molar refractivity (Wildman–Crippen MR) is 62.4 cm³/mol. The lowest BCUT2D eigenvalue weighted by Crippen LogP contribution is -2.37. The molecule has 1 N–H and O–H groups in total. The summed E-state index contributed by atoms with van der Waals surface area (Å²) >= 11 is 0. The Bertz CT molecular complexity index is 486. The highest BCUT2D eigenvalue weighted by Crippen LogP contribution is 2.19. The highest BCUT2D eigenvalue weighted by molar-refractivity contribution is 8.10. The Kier molecular flexibility index (Phi) is 3.30. The average molecular weight is 258 g/mol. The number of aliphatic imine (C=N–C) groups is 1. The normalized spacial score (nSPS) is 24.2. The van der Waals surface area contributed by atoms with Crippen LogP contribution in [0, 0.1) is 0 Å². The van der Waals surface area contributed by atoms with E-state index in [0.29, 0.717) is 0 Å². The number of piperidine rings is 1. The van der Waals surface area contributed by atoms with Crippen molar-refractivity contribution >= 4 is 20.9 Å². The standard InChI is InChI=1S/C10H14N2O4S/c13-10(14)8-6-11-9(17(8,15)16)7-12-4-2-1-3-5-12/h6H,1-5,7H2,(H,13,14). The van der Waals surface area contributed by atoms with Gasteiger partial charge in [-0.25, -0.2) is 18.2 Å². The van der Waals surface area contributed by atoms with Crippen LogP contribution in [0.15, 0.2) is 16.1 Å². The molecular weight excluding hydrogens is 244 g/mol. The number of sulfone groups is 1. The molecule has 0 unspecified atom stereocenters. The molecular formula is C10H14N2O4S. The summed E-state index contributed by atoms with van der Waals surface area (Å²) in [7, 11) is -3.86. The van der Waals surface area contributed by atoms with Crippen LogP contribution in [0.1, 0.15) is 19.3 Å². The zero-order chi connectivity index (χ0) is 12.5. The van der Waals surface area contributed by atoms with Crippen molar-refractivity contribution in [2.24, 2.45) is 4.99 Å². The van der Waals surface area contributed by atoms with E-state index >= 15 is 0 Å². The van der Waals surface area contributed by atoms with Gasteiger partial charge >= 0.3 is 5.97 Å². The van der Waals surface area contributed by atoms with E-state index in [4.69, 9.17) is 5.11 Å². The van der Waals surface area contributed by atoms with Crippen LogP contribution in [-0.4, -0.2) is 49.1 Å².